The number of methoxy groups -OCH3 is 2. The van der Waals surface area contributed by atoms with Gasteiger partial charge in [0.05, 0.1) is 31.8 Å². The molecule has 0 heterocycles. The van der Waals surface area contributed by atoms with E-state index in [1.165, 1.54) is 32.0 Å². The van der Waals surface area contributed by atoms with Gasteiger partial charge in [0.2, 0.25) is 0 Å². The highest BCUT2D eigenvalue weighted by atomic mass is 32.2. The largest absolute Gasteiger partial charge is 0.492 e. The van der Waals surface area contributed by atoms with E-state index in [4.69, 9.17) is 20.3 Å². The summed E-state index contributed by atoms with van der Waals surface area (Å²) >= 11 is 1.22. The Hall–Kier alpha value is -0.980. The van der Waals surface area contributed by atoms with Crippen LogP contribution in [0.3, 0.4) is 0 Å². The van der Waals surface area contributed by atoms with Crippen molar-refractivity contribution in [2.24, 2.45) is 5.73 Å². The summed E-state index contributed by atoms with van der Waals surface area (Å²) < 4.78 is 24.2. The van der Waals surface area contributed by atoms with Crippen LogP contribution in [0.2, 0.25) is 0 Å². The van der Waals surface area contributed by atoms with Crippen LogP contribution in [0.15, 0.2) is 11.0 Å². The van der Waals surface area contributed by atoms with Crippen LogP contribution < -0.4 is 15.2 Å². The first-order valence-electron chi connectivity index (χ1n) is 4.95. The molecule has 3 N–H and O–H groups in total. The smallest absolute Gasteiger partial charge is 0.177 e. The summed E-state index contributed by atoms with van der Waals surface area (Å²) in [5, 5.41) is 9.04. The molecule has 0 spiro atoms. The lowest BCUT2D eigenvalue weighted by Crippen LogP contribution is -2.16. The monoisotopic (exact) mass is 261 g/mol. The fourth-order valence-electron chi connectivity index (χ4n) is 1.57. The van der Waals surface area contributed by atoms with E-state index < -0.39 is 11.9 Å². The van der Waals surface area contributed by atoms with E-state index >= 15 is 0 Å². The van der Waals surface area contributed by atoms with Gasteiger partial charge < -0.3 is 20.3 Å². The highest BCUT2D eigenvalue weighted by molar-refractivity contribution is 7.98. The average molecular weight is 261 g/mol. The minimum Gasteiger partial charge on any atom is -0.492 e. The Bertz CT molecular complexity index is 401. The summed E-state index contributed by atoms with van der Waals surface area (Å²) in [5.74, 6) is 0.229. The van der Waals surface area contributed by atoms with E-state index in [9.17, 15) is 4.39 Å². The molecule has 0 bridgehead atoms. The van der Waals surface area contributed by atoms with E-state index in [2.05, 4.69) is 0 Å². The molecule has 0 saturated carbocycles. The zero-order chi connectivity index (χ0) is 13.0. The Morgan fingerprint density at radius 2 is 2.00 bits per heavy atom. The second-order valence-corrected chi connectivity index (χ2v) is 4.15. The molecule has 1 aromatic carbocycles. The topological polar surface area (TPSA) is 64.7 Å². The number of ether oxygens (including phenoxy) is 2. The van der Waals surface area contributed by atoms with Crippen molar-refractivity contribution in [3.8, 4) is 11.5 Å². The van der Waals surface area contributed by atoms with Crippen LogP contribution >= 0.6 is 11.8 Å². The van der Waals surface area contributed by atoms with Crippen LogP contribution in [0.1, 0.15) is 11.6 Å². The number of hydrogen-bond acceptors (Lipinski definition) is 5. The van der Waals surface area contributed by atoms with Crippen LogP contribution in [0.4, 0.5) is 4.39 Å². The van der Waals surface area contributed by atoms with Gasteiger partial charge in [-0.3, -0.25) is 0 Å². The molecule has 0 aliphatic rings. The lowest BCUT2D eigenvalue weighted by Gasteiger charge is -2.19. The van der Waals surface area contributed by atoms with Crippen molar-refractivity contribution in [2.75, 3.05) is 27.1 Å². The number of nitrogens with two attached hydrogens (primary N) is 1. The molecule has 96 valence electrons. The molecule has 0 aliphatic carbocycles. The standard InChI is InChI=1S/C11H16FNO3S/c1-15-9-6(8(13)5-14)4-7(12)11(17-3)10(9)16-2/h4,8,14H,5,13H2,1-3H3. The maximum Gasteiger partial charge on any atom is 0.177 e. The second kappa shape index (κ2) is 6.09. The summed E-state index contributed by atoms with van der Waals surface area (Å²) in [6, 6.07) is 0.568. The van der Waals surface area contributed by atoms with Crippen LogP contribution in [0, 0.1) is 5.82 Å². The molecule has 0 saturated heterocycles. The lowest BCUT2D eigenvalue weighted by atomic mass is 10.1. The Kier molecular flexibility index (Phi) is 5.04. The molecule has 1 aromatic rings. The molecule has 0 aliphatic heterocycles. The zero-order valence-corrected chi connectivity index (χ0v) is 10.8. The Balaban J connectivity index is 3.47. The third kappa shape index (κ3) is 2.65. The van der Waals surface area contributed by atoms with Crippen molar-refractivity contribution in [1.29, 1.82) is 0 Å². The number of aliphatic hydroxyl groups excluding tert-OH is 1. The van der Waals surface area contributed by atoms with E-state index in [-0.39, 0.29) is 6.61 Å². The minimum absolute atomic E-state index is 0.294. The fourth-order valence-corrected chi connectivity index (χ4v) is 2.19. The van der Waals surface area contributed by atoms with Gasteiger partial charge in [-0.25, -0.2) is 4.39 Å². The summed E-state index contributed by atoms with van der Waals surface area (Å²) in [4.78, 5) is 0.359. The summed E-state index contributed by atoms with van der Waals surface area (Å²) in [6.45, 7) is -0.294. The first kappa shape index (κ1) is 14.1. The molecule has 0 aromatic heterocycles. The van der Waals surface area contributed by atoms with Gasteiger partial charge in [-0.2, -0.15) is 0 Å². The number of benzene rings is 1. The van der Waals surface area contributed by atoms with Crippen molar-refractivity contribution < 1.29 is 19.0 Å². The SMILES string of the molecule is COc1c(C(N)CO)cc(F)c(SC)c1OC. The lowest BCUT2D eigenvalue weighted by molar-refractivity contribution is 0.262. The Morgan fingerprint density at radius 3 is 2.41 bits per heavy atom. The molecule has 1 atom stereocenters. The summed E-state index contributed by atoms with van der Waals surface area (Å²) in [6.07, 6.45) is 1.74. The highest BCUT2D eigenvalue weighted by Crippen LogP contribution is 2.42. The number of rotatable bonds is 5. The van der Waals surface area contributed by atoms with Crippen molar-refractivity contribution >= 4 is 11.8 Å². The van der Waals surface area contributed by atoms with Gasteiger partial charge in [0, 0.05) is 5.56 Å². The molecule has 1 unspecified atom stereocenters. The highest BCUT2D eigenvalue weighted by Gasteiger charge is 2.22. The molecular weight excluding hydrogens is 245 g/mol. The van der Waals surface area contributed by atoms with Gasteiger partial charge >= 0.3 is 0 Å². The van der Waals surface area contributed by atoms with Crippen molar-refractivity contribution in [2.45, 2.75) is 10.9 Å². The normalized spacial score (nSPS) is 12.4. The van der Waals surface area contributed by atoms with Gasteiger partial charge in [-0.1, -0.05) is 0 Å². The number of aliphatic hydroxyl groups is 1. The van der Waals surface area contributed by atoms with E-state index in [1.54, 1.807) is 6.26 Å². The van der Waals surface area contributed by atoms with E-state index in [0.717, 1.165) is 0 Å². The zero-order valence-electron chi connectivity index (χ0n) is 9.99. The van der Waals surface area contributed by atoms with Crippen LogP contribution in [-0.2, 0) is 0 Å². The maximum absolute atomic E-state index is 13.8. The van der Waals surface area contributed by atoms with Gasteiger partial charge in [-0.15, -0.1) is 11.8 Å². The fraction of sp³-hybridized carbons (Fsp3) is 0.455. The van der Waals surface area contributed by atoms with Crippen LogP contribution in [0.5, 0.6) is 11.5 Å². The predicted molar refractivity (Wildman–Crippen MR) is 65.3 cm³/mol. The van der Waals surface area contributed by atoms with Gasteiger partial charge in [0.15, 0.2) is 11.5 Å². The van der Waals surface area contributed by atoms with Crippen molar-refractivity contribution in [3.05, 3.63) is 17.4 Å². The minimum atomic E-state index is -0.704. The third-order valence-electron chi connectivity index (χ3n) is 2.38. The molecule has 0 radical (unpaired) electrons. The average Bonchev–Trinajstić information content (AvgIpc) is 2.36. The van der Waals surface area contributed by atoms with Crippen LogP contribution in [0.25, 0.3) is 0 Å². The second-order valence-electron chi connectivity index (χ2n) is 3.34. The molecule has 0 fully saturated rings. The first-order chi connectivity index (χ1) is 8.10. The van der Waals surface area contributed by atoms with Crippen molar-refractivity contribution in [1.82, 2.24) is 0 Å². The molecule has 4 nitrogen and oxygen atoms in total. The van der Waals surface area contributed by atoms with Gasteiger partial charge in [-0.05, 0) is 12.3 Å². The van der Waals surface area contributed by atoms with E-state index in [0.29, 0.717) is 22.0 Å². The molecule has 17 heavy (non-hydrogen) atoms. The maximum atomic E-state index is 13.8. The van der Waals surface area contributed by atoms with E-state index in [1.807, 2.05) is 0 Å². The van der Waals surface area contributed by atoms with Crippen LogP contribution in [-0.4, -0.2) is 32.2 Å². The molecule has 0 amide bonds. The van der Waals surface area contributed by atoms with Gasteiger partial charge in [0.25, 0.3) is 0 Å². The van der Waals surface area contributed by atoms with Gasteiger partial charge in [0.1, 0.15) is 5.82 Å². The Labute approximate surface area is 104 Å². The van der Waals surface area contributed by atoms with Crippen molar-refractivity contribution in [3.63, 3.8) is 0 Å². The number of halogens is 1. The summed E-state index contributed by atoms with van der Waals surface area (Å²) in [7, 11) is 2.89. The summed E-state index contributed by atoms with van der Waals surface area (Å²) in [5.41, 5.74) is 6.09. The molecule has 6 heteroatoms. The number of hydrogen-bond donors (Lipinski definition) is 2. The first-order valence-corrected chi connectivity index (χ1v) is 6.17. The third-order valence-corrected chi connectivity index (χ3v) is 3.17. The Morgan fingerprint density at radius 1 is 1.41 bits per heavy atom. The molecule has 1 rings (SSSR count). The predicted octanol–water partition coefficient (Wildman–Crippen LogP) is 1.56. The number of thioether (sulfide) groups is 1. The molecular formula is C11H16FNO3S. The quantitative estimate of drug-likeness (QED) is 0.787.